The standard InChI is InChI=1S/C24H27FN6O/c1-6-12-31(20-13-17(7-2)14-21(32-5)23(20)25)22-9-8-19(24(26-3)29-22)27-11-10-18-15-28-30(4)16-18/h6,8-9,11,13-16H,1,3,7,10,12H2,2,4-5H3. The number of halogens is 1. The number of aromatic nitrogens is 3. The molecule has 3 rings (SSSR count). The van der Waals surface area contributed by atoms with Crippen molar-refractivity contribution in [2.45, 2.75) is 19.8 Å². The molecule has 0 atom stereocenters. The van der Waals surface area contributed by atoms with E-state index in [2.05, 4.69) is 33.4 Å². The predicted octanol–water partition coefficient (Wildman–Crippen LogP) is 5.13. The second-order valence-electron chi connectivity index (χ2n) is 7.09. The molecule has 0 N–H and O–H groups in total. The van der Waals surface area contributed by atoms with Crippen LogP contribution in [0.5, 0.6) is 5.75 Å². The highest BCUT2D eigenvalue weighted by Crippen LogP contribution is 2.36. The van der Waals surface area contributed by atoms with Gasteiger partial charge in [-0.15, -0.1) is 6.58 Å². The fourth-order valence-corrected chi connectivity index (χ4v) is 3.26. The molecule has 0 spiro atoms. The Morgan fingerprint density at radius 1 is 1.28 bits per heavy atom. The van der Waals surface area contributed by atoms with Crippen LogP contribution in [0.25, 0.3) is 0 Å². The highest BCUT2D eigenvalue weighted by atomic mass is 19.1. The Hall–Kier alpha value is -3.81. The summed E-state index contributed by atoms with van der Waals surface area (Å²) in [6.07, 6.45) is 8.56. The van der Waals surface area contributed by atoms with Crippen molar-refractivity contribution in [2.75, 3.05) is 18.6 Å². The summed E-state index contributed by atoms with van der Waals surface area (Å²) in [5.41, 5.74) is 2.93. The lowest BCUT2D eigenvalue weighted by molar-refractivity contribution is 0.386. The quantitative estimate of drug-likeness (QED) is 0.328. The van der Waals surface area contributed by atoms with E-state index in [-0.39, 0.29) is 5.75 Å². The van der Waals surface area contributed by atoms with Gasteiger partial charge in [0.1, 0.15) is 11.5 Å². The van der Waals surface area contributed by atoms with Gasteiger partial charge in [-0.05, 0) is 48.5 Å². The van der Waals surface area contributed by atoms with E-state index in [0.717, 1.165) is 17.5 Å². The predicted molar refractivity (Wildman–Crippen MR) is 128 cm³/mol. The maximum atomic E-state index is 15.1. The van der Waals surface area contributed by atoms with Crippen LogP contribution in [0.2, 0.25) is 0 Å². The van der Waals surface area contributed by atoms with Gasteiger partial charge in [-0.1, -0.05) is 13.0 Å². The zero-order valence-electron chi connectivity index (χ0n) is 18.6. The summed E-state index contributed by atoms with van der Waals surface area (Å²) in [7, 11) is 3.32. The Balaban J connectivity index is 1.96. The summed E-state index contributed by atoms with van der Waals surface area (Å²) >= 11 is 0. The number of nitrogens with zero attached hydrogens (tertiary/aromatic N) is 6. The van der Waals surface area contributed by atoms with Crippen molar-refractivity contribution in [3.8, 4) is 5.75 Å². The van der Waals surface area contributed by atoms with E-state index >= 15 is 4.39 Å². The van der Waals surface area contributed by atoms with Crippen LogP contribution in [-0.2, 0) is 19.9 Å². The van der Waals surface area contributed by atoms with Gasteiger partial charge in [-0.3, -0.25) is 9.67 Å². The van der Waals surface area contributed by atoms with Crippen molar-refractivity contribution in [2.24, 2.45) is 17.0 Å². The van der Waals surface area contributed by atoms with Gasteiger partial charge >= 0.3 is 0 Å². The third-order valence-corrected chi connectivity index (χ3v) is 4.89. The normalized spacial score (nSPS) is 11.0. The highest BCUT2D eigenvalue weighted by Gasteiger charge is 2.19. The van der Waals surface area contributed by atoms with E-state index in [4.69, 9.17) is 4.74 Å². The van der Waals surface area contributed by atoms with Crippen LogP contribution in [0.1, 0.15) is 18.1 Å². The molecule has 0 radical (unpaired) electrons. The van der Waals surface area contributed by atoms with Crippen molar-refractivity contribution >= 4 is 35.9 Å². The molecule has 8 heteroatoms. The van der Waals surface area contributed by atoms with Gasteiger partial charge in [0.05, 0.1) is 19.0 Å². The first-order valence-electron chi connectivity index (χ1n) is 10.2. The van der Waals surface area contributed by atoms with Crippen LogP contribution in [-0.4, -0.2) is 41.4 Å². The van der Waals surface area contributed by atoms with Crippen molar-refractivity contribution in [1.29, 1.82) is 0 Å². The summed E-state index contributed by atoms with van der Waals surface area (Å²) < 4.78 is 22.1. The molecule has 7 nitrogen and oxygen atoms in total. The van der Waals surface area contributed by atoms with Crippen LogP contribution < -0.4 is 9.64 Å². The summed E-state index contributed by atoms with van der Waals surface area (Å²) in [6, 6.07) is 7.07. The number of pyridine rings is 1. The molecule has 0 aliphatic heterocycles. The number of ether oxygens (including phenoxy) is 1. The van der Waals surface area contributed by atoms with Gasteiger partial charge in [0.25, 0.3) is 0 Å². The molecule has 3 aromatic rings. The number of benzene rings is 1. The van der Waals surface area contributed by atoms with E-state index in [1.165, 1.54) is 7.11 Å². The summed E-state index contributed by atoms with van der Waals surface area (Å²) in [5, 5.41) is 4.15. The zero-order chi connectivity index (χ0) is 23.1. The average Bonchev–Trinajstić information content (AvgIpc) is 3.23. The van der Waals surface area contributed by atoms with Crippen LogP contribution in [0.4, 0.5) is 27.4 Å². The van der Waals surface area contributed by atoms with Crippen LogP contribution in [0, 0.1) is 5.82 Å². The molecule has 0 saturated carbocycles. The minimum atomic E-state index is -0.458. The molecule has 0 unspecified atom stereocenters. The Labute approximate surface area is 187 Å². The number of rotatable bonds is 10. The van der Waals surface area contributed by atoms with Crippen molar-refractivity contribution in [1.82, 2.24) is 14.8 Å². The molecule has 0 amide bonds. The van der Waals surface area contributed by atoms with Gasteiger partial charge in [0, 0.05) is 32.4 Å². The smallest absolute Gasteiger partial charge is 0.188 e. The van der Waals surface area contributed by atoms with Crippen LogP contribution in [0.3, 0.4) is 0 Å². The third kappa shape index (κ3) is 5.08. The Bertz CT molecular complexity index is 1140. The maximum absolute atomic E-state index is 15.1. The second kappa shape index (κ2) is 10.5. The van der Waals surface area contributed by atoms with E-state index in [1.54, 1.807) is 52.3 Å². The number of anilines is 2. The van der Waals surface area contributed by atoms with E-state index < -0.39 is 5.82 Å². The molecule has 0 aliphatic carbocycles. The molecular weight excluding hydrogens is 407 g/mol. The summed E-state index contributed by atoms with van der Waals surface area (Å²) in [6.45, 7) is 9.78. The van der Waals surface area contributed by atoms with Gasteiger partial charge in [-0.2, -0.15) is 5.10 Å². The van der Waals surface area contributed by atoms with Gasteiger partial charge in [-0.25, -0.2) is 14.4 Å². The van der Waals surface area contributed by atoms with Crippen molar-refractivity contribution in [3.63, 3.8) is 0 Å². The molecule has 0 bridgehead atoms. The molecule has 1 aromatic carbocycles. The number of hydrogen-bond donors (Lipinski definition) is 0. The minimum absolute atomic E-state index is 0.187. The summed E-state index contributed by atoms with van der Waals surface area (Å²) in [4.78, 5) is 14.8. The third-order valence-electron chi connectivity index (χ3n) is 4.89. The number of hydrogen-bond acceptors (Lipinski definition) is 6. The SMILES string of the molecule is C=CCN(c1ccc(N=CCc2cnn(C)c2)c(N=C)n1)c1cc(CC)cc(OC)c1F. The van der Waals surface area contributed by atoms with Crippen LogP contribution in [0.15, 0.2) is 59.3 Å². The topological polar surface area (TPSA) is 67.9 Å². The fraction of sp³-hybridized carbons (Fsp3) is 0.250. The first-order chi connectivity index (χ1) is 15.5. The molecule has 0 aliphatic rings. The molecule has 0 saturated heterocycles. The Kier molecular flexibility index (Phi) is 7.49. The van der Waals surface area contributed by atoms with Gasteiger partial charge in [0.2, 0.25) is 0 Å². The molecule has 2 aromatic heterocycles. The summed E-state index contributed by atoms with van der Waals surface area (Å²) in [5.74, 6) is 0.595. The Morgan fingerprint density at radius 3 is 2.72 bits per heavy atom. The monoisotopic (exact) mass is 434 g/mol. The maximum Gasteiger partial charge on any atom is 0.188 e. The first-order valence-corrected chi connectivity index (χ1v) is 10.2. The largest absolute Gasteiger partial charge is 0.494 e. The molecule has 166 valence electrons. The van der Waals surface area contributed by atoms with Gasteiger partial charge in [0.15, 0.2) is 17.4 Å². The second-order valence-corrected chi connectivity index (χ2v) is 7.09. The van der Waals surface area contributed by atoms with Crippen LogP contribution >= 0.6 is 0 Å². The average molecular weight is 435 g/mol. The lowest BCUT2D eigenvalue weighted by Gasteiger charge is -2.24. The lowest BCUT2D eigenvalue weighted by Crippen LogP contribution is -2.20. The van der Waals surface area contributed by atoms with E-state index in [9.17, 15) is 0 Å². The van der Waals surface area contributed by atoms with E-state index in [1.807, 2.05) is 20.2 Å². The lowest BCUT2D eigenvalue weighted by atomic mass is 10.1. The highest BCUT2D eigenvalue weighted by molar-refractivity contribution is 5.74. The molecule has 32 heavy (non-hydrogen) atoms. The van der Waals surface area contributed by atoms with Crippen molar-refractivity contribution < 1.29 is 9.13 Å². The fourth-order valence-electron chi connectivity index (χ4n) is 3.26. The number of aryl methyl sites for hydroxylation is 2. The minimum Gasteiger partial charge on any atom is -0.494 e. The van der Waals surface area contributed by atoms with Crippen molar-refractivity contribution in [3.05, 3.63) is 66.3 Å². The molecular formula is C24H27FN6O. The molecule has 2 heterocycles. The Morgan fingerprint density at radius 2 is 2.09 bits per heavy atom. The zero-order valence-corrected chi connectivity index (χ0v) is 18.6. The van der Waals surface area contributed by atoms with Gasteiger partial charge < -0.3 is 9.64 Å². The first kappa shape index (κ1) is 22.9. The number of aliphatic imine (C=N–C) groups is 2. The van der Waals surface area contributed by atoms with E-state index in [0.29, 0.717) is 36.0 Å². The number of methoxy groups -OCH3 is 1. The molecule has 0 fully saturated rings.